The van der Waals surface area contributed by atoms with Gasteiger partial charge in [0.05, 0.1) is 6.42 Å². The van der Waals surface area contributed by atoms with E-state index < -0.39 is 6.10 Å². The molecule has 1 heterocycles. The second-order valence-electron chi connectivity index (χ2n) is 2.40. The minimum absolute atomic E-state index is 0.0994. The number of rotatable bonds is 1. The van der Waals surface area contributed by atoms with E-state index in [-0.39, 0.29) is 5.78 Å². The van der Waals surface area contributed by atoms with Crippen molar-refractivity contribution in [3.05, 3.63) is 5.21 Å². The molecule has 0 amide bonds. The van der Waals surface area contributed by atoms with Crippen LogP contribution in [0.25, 0.3) is 0 Å². The lowest BCUT2D eigenvalue weighted by atomic mass is 10.1. The highest BCUT2D eigenvalue weighted by Gasteiger charge is 2.26. The summed E-state index contributed by atoms with van der Waals surface area (Å²) in [7, 11) is 0. The summed E-state index contributed by atoms with van der Waals surface area (Å²) in [5.74, 6) is -0.0994. The van der Waals surface area contributed by atoms with Crippen molar-refractivity contribution in [2.45, 2.75) is 26.4 Å². The predicted octanol–water partition coefficient (Wildman–Crippen LogP) is 0.250. The van der Waals surface area contributed by atoms with Crippen LogP contribution in [0, 0.1) is 5.21 Å². The minimum Gasteiger partial charge on any atom is -0.392 e. The van der Waals surface area contributed by atoms with Crippen LogP contribution in [0.3, 0.4) is 0 Å². The average Bonchev–Trinajstić information content (AvgIpc) is 2.13. The number of ketones is 1. The zero-order valence-corrected chi connectivity index (χ0v) is 5.96. The Hall–Kier alpha value is -1.06. The monoisotopic (exact) mass is 143 g/mol. The van der Waals surface area contributed by atoms with E-state index in [1.165, 1.54) is 6.92 Å². The van der Waals surface area contributed by atoms with E-state index in [4.69, 9.17) is 0 Å². The second-order valence-corrected chi connectivity index (χ2v) is 2.40. The molecule has 1 rings (SSSR count). The lowest BCUT2D eigenvalue weighted by Crippen LogP contribution is -2.18. The van der Waals surface area contributed by atoms with Crippen LogP contribution in [0.4, 0.5) is 0 Å². The number of Topliss-reactive ketones (excluding diaryl/α,β-unsaturated/α-hetero) is 1. The lowest BCUT2D eigenvalue weighted by molar-refractivity contribution is -0.737. The van der Waals surface area contributed by atoms with Gasteiger partial charge in [-0.3, -0.25) is 10.0 Å². The molecule has 0 N–H and O–H groups in total. The Balaban J connectivity index is 2.59. The van der Waals surface area contributed by atoms with Crippen molar-refractivity contribution >= 4 is 11.5 Å². The van der Waals surface area contributed by atoms with E-state index in [9.17, 15) is 10.0 Å². The van der Waals surface area contributed by atoms with Crippen LogP contribution in [-0.2, 0) is 9.63 Å². The molecule has 0 spiro atoms. The quantitative estimate of drug-likeness (QED) is 0.494. The first-order valence-electron chi connectivity index (χ1n) is 3.08. The fourth-order valence-corrected chi connectivity index (χ4v) is 0.804. The molecule has 0 bridgehead atoms. The van der Waals surface area contributed by atoms with Crippen molar-refractivity contribution in [3.63, 3.8) is 0 Å². The zero-order valence-electron chi connectivity index (χ0n) is 5.96. The van der Waals surface area contributed by atoms with Gasteiger partial charge in [-0.15, -0.1) is 0 Å². The highest BCUT2D eigenvalue weighted by atomic mass is 16.9. The summed E-state index contributed by atoms with van der Waals surface area (Å²) < 4.78 is 0. The number of hydrogen-bond acceptors (Lipinski definition) is 3. The topological polar surface area (TPSA) is 52.4 Å². The molecule has 0 aromatic carbocycles. The Morgan fingerprint density at radius 2 is 2.50 bits per heavy atom. The first-order valence-corrected chi connectivity index (χ1v) is 3.08. The van der Waals surface area contributed by atoms with Gasteiger partial charge in [0.25, 0.3) is 0 Å². The normalized spacial score (nSPS) is 24.8. The van der Waals surface area contributed by atoms with E-state index in [1.54, 1.807) is 6.92 Å². The lowest BCUT2D eigenvalue weighted by Gasteiger charge is -2.05. The third kappa shape index (κ3) is 1.10. The summed E-state index contributed by atoms with van der Waals surface area (Å²) in [4.78, 5) is 15.7. The van der Waals surface area contributed by atoms with E-state index in [0.29, 0.717) is 17.0 Å². The van der Waals surface area contributed by atoms with Crippen LogP contribution in [-0.4, -0.2) is 22.5 Å². The van der Waals surface area contributed by atoms with Crippen LogP contribution in [0.5, 0.6) is 0 Å². The van der Waals surface area contributed by atoms with Crippen molar-refractivity contribution in [1.29, 1.82) is 0 Å². The summed E-state index contributed by atoms with van der Waals surface area (Å²) in [5.41, 5.74) is 0.556. The molecule has 10 heavy (non-hydrogen) atoms. The number of carbonyl (C=O) groups excluding carboxylic acids is 1. The van der Waals surface area contributed by atoms with Crippen LogP contribution in [0.2, 0.25) is 0 Å². The van der Waals surface area contributed by atoms with Crippen LogP contribution < -0.4 is 0 Å². The van der Waals surface area contributed by atoms with Gasteiger partial charge in [-0.1, -0.05) is 0 Å². The standard InChI is InChI=1S/C6H9NO3/c1-4-3-6(5(2)8)10-7(4)9/h6H,3H2,1-2H3. The first kappa shape index (κ1) is 7.05. The van der Waals surface area contributed by atoms with E-state index in [1.807, 2.05) is 0 Å². The molecule has 1 unspecified atom stereocenters. The maximum Gasteiger partial charge on any atom is 0.220 e. The smallest absolute Gasteiger partial charge is 0.220 e. The molecule has 4 nitrogen and oxygen atoms in total. The van der Waals surface area contributed by atoms with Crippen molar-refractivity contribution in [2.24, 2.45) is 0 Å². The van der Waals surface area contributed by atoms with Gasteiger partial charge in [-0.05, 0) is 6.92 Å². The highest BCUT2D eigenvalue weighted by Crippen LogP contribution is 2.09. The Labute approximate surface area is 58.6 Å². The van der Waals surface area contributed by atoms with Crippen molar-refractivity contribution in [1.82, 2.24) is 0 Å². The minimum atomic E-state index is -0.544. The molecule has 0 aromatic heterocycles. The number of hydrogen-bond donors (Lipinski definition) is 0. The predicted molar refractivity (Wildman–Crippen MR) is 34.5 cm³/mol. The van der Waals surface area contributed by atoms with Gasteiger partial charge in [0, 0.05) is 11.8 Å². The fraction of sp³-hybridized carbons (Fsp3) is 0.667. The molecule has 1 aliphatic rings. The summed E-state index contributed by atoms with van der Waals surface area (Å²) in [6.07, 6.45) is -0.115. The van der Waals surface area contributed by atoms with Gasteiger partial charge < -0.3 is 4.84 Å². The fourth-order valence-electron chi connectivity index (χ4n) is 0.804. The molecule has 0 saturated carbocycles. The summed E-state index contributed by atoms with van der Waals surface area (Å²) in [5, 5.41) is 10.6. The second kappa shape index (κ2) is 2.28. The molecule has 0 fully saturated rings. The van der Waals surface area contributed by atoms with Gasteiger partial charge in [0.15, 0.2) is 0 Å². The molecular formula is C6H9NO3. The molecule has 0 saturated heterocycles. The number of nitrogens with zero attached hydrogens (tertiary/aromatic N) is 1. The van der Waals surface area contributed by atoms with Crippen LogP contribution in [0.1, 0.15) is 20.3 Å². The van der Waals surface area contributed by atoms with Crippen molar-refractivity contribution < 1.29 is 14.5 Å². The van der Waals surface area contributed by atoms with Crippen LogP contribution in [0.15, 0.2) is 0 Å². The van der Waals surface area contributed by atoms with Gasteiger partial charge in [-0.25, -0.2) is 0 Å². The van der Waals surface area contributed by atoms with Crippen molar-refractivity contribution in [3.8, 4) is 0 Å². The van der Waals surface area contributed by atoms with Crippen molar-refractivity contribution in [2.75, 3.05) is 0 Å². The van der Waals surface area contributed by atoms with E-state index in [0.717, 1.165) is 0 Å². The van der Waals surface area contributed by atoms with Crippen LogP contribution >= 0.6 is 0 Å². The van der Waals surface area contributed by atoms with Gasteiger partial charge in [0.2, 0.25) is 5.71 Å². The Bertz CT molecular complexity index is 183. The summed E-state index contributed by atoms with van der Waals surface area (Å²) in [6.45, 7) is 3.06. The third-order valence-electron chi connectivity index (χ3n) is 1.47. The Morgan fingerprint density at radius 3 is 2.70 bits per heavy atom. The molecule has 1 aliphatic heterocycles. The number of carbonyl (C=O) groups is 1. The molecular weight excluding hydrogens is 134 g/mol. The maximum absolute atomic E-state index is 10.6. The zero-order chi connectivity index (χ0) is 7.72. The van der Waals surface area contributed by atoms with Gasteiger partial charge in [-0.2, -0.15) is 0 Å². The molecule has 4 heteroatoms. The summed E-state index contributed by atoms with van der Waals surface area (Å²) >= 11 is 0. The van der Waals surface area contributed by atoms with E-state index in [2.05, 4.69) is 4.84 Å². The SMILES string of the molecule is CC(=O)C1CC(C)=[N+]([O-])O1. The molecule has 56 valence electrons. The highest BCUT2D eigenvalue weighted by molar-refractivity contribution is 5.88. The Morgan fingerprint density at radius 1 is 1.90 bits per heavy atom. The van der Waals surface area contributed by atoms with Gasteiger partial charge >= 0.3 is 0 Å². The molecule has 0 aliphatic carbocycles. The average molecular weight is 143 g/mol. The first-order chi connectivity index (χ1) is 4.61. The third-order valence-corrected chi connectivity index (χ3v) is 1.47. The molecule has 1 atom stereocenters. The molecule has 0 aromatic rings. The maximum atomic E-state index is 10.6. The largest absolute Gasteiger partial charge is 0.392 e. The Kier molecular flexibility index (Phi) is 1.61. The van der Waals surface area contributed by atoms with Gasteiger partial charge in [0.1, 0.15) is 11.9 Å². The van der Waals surface area contributed by atoms with E-state index >= 15 is 0 Å². The molecule has 0 radical (unpaired) electrons. The summed E-state index contributed by atoms with van der Waals surface area (Å²) in [6, 6.07) is 0.